The van der Waals surface area contributed by atoms with Gasteiger partial charge in [0.05, 0.1) is 5.56 Å². The fourth-order valence-corrected chi connectivity index (χ4v) is 4.22. The third-order valence-corrected chi connectivity index (χ3v) is 5.43. The summed E-state index contributed by atoms with van der Waals surface area (Å²) in [7, 11) is 0. The molecule has 2 atom stereocenters. The molecule has 0 spiro atoms. The van der Waals surface area contributed by atoms with Gasteiger partial charge in [0, 0.05) is 30.5 Å². The maximum absolute atomic E-state index is 12.9. The lowest BCUT2D eigenvalue weighted by Crippen LogP contribution is -2.49. The first-order valence-corrected chi connectivity index (χ1v) is 9.01. The number of amides is 1. The van der Waals surface area contributed by atoms with Crippen molar-refractivity contribution < 1.29 is 4.79 Å². The molecule has 0 N–H and O–H groups in total. The number of nitrogens with zero attached hydrogens (tertiary/aromatic N) is 3. The summed E-state index contributed by atoms with van der Waals surface area (Å²) in [6.07, 6.45) is 10.8. The molecule has 1 aliphatic heterocycles. The second kappa shape index (κ2) is 6.71. The Bertz CT molecular complexity index is 697. The van der Waals surface area contributed by atoms with E-state index < -0.39 is 0 Å². The molecule has 0 bridgehead atoms. The number of rotatable bonds is 2. The van der Waals surface area contributed by atoms with E-state index in [1.165, 1.54) is 25.7 Å². The molecule has 24 heavy (non-hydrogen) atoms. The largest absolute Gasteiger partial charge is 0.335 e. The first-order chi connectivity index (χ1) is 11.8. The number of piperidine rings is 1. The third-order valence-electron chi connectivity index (χ3n) is 5.43. The van der Waals surface area contributed by atoms with E-state index in [1.807, 2.05) is 30.3 Å². The fraction of sp³-hybridized carbons (Fsp3) is 0.450. The molecule has 0 radical (unpaired) electrons. The number of hydrogen-bond acceptors (Lipinski definition) is 3. The van der Waals surface area contributed by atoms with Crippen LogP contribution in [0.1, 0.15) is 48.9 Å². The summed E-state index contributed by atoms with van der Waals surface area (Å²) in [5.74, 6) is 1.47. The van der Waals surface area contributed by atoms with Gasteiger partial charge in [-0.15, -0.1) is 0 Å². The summed E-state index contributed by atoms with van der Waals surface area (Å²) in [6, 6.07) is 10.3. The predicted molar refractivity (Wildman–Crippen MR) is 93.5 cm³/mol. The van der Waals surface area contributed by atoms with Crippen molar-refractivity contribution >= 4 is 5.91 Å². The third kappa shape index (κ3) is 2.93. The van der Waals surface area contributed by atoms with Crippen LogP contribution in [0.2, 0.25) is 0 Å². The van der Waals surface area contributed by atoms with Gasteiger partial charge in [-0.3, -0.25) is 4.79 Å². The zero-order chi connectivity index (χ0) is 16.4. The molecule has 4 heteroatoms. The maximum atomic E-state index is 12.9. The van der Waals surface area contributed by atoms with Crippen molar-refractivity contribution in [3.05, 3.63) is 48.3 Å². The molecule has 2 heterocycles. The van der Waals surface area contributed by atoms with Gasteiger partial charge in [0.1, 0.15) is 0 Å². The van der Waals surface area contributed by atoms with Crippen LogP contribution in [0.3, 0.4) is 0 Å². The number of fused-ring (bicyclic) bond motifs is 1. The van der Waals surface area contributed by atoms with Gasteiger partial charge < -0.3 is 4.90 Å². The molecule has 2 aromatic rings. The minimum atomic E-state index is 0.103. The quantitative estimate of drug-likeness (QED) is 0.841. The lowest BCUT2D eigenvalue weighted by atomic mass is 9.78. The maximum Gasteiger partial charge on any atom is 0.257 e. The molecule has 124 valence electrons. The van der Waals surface area contributed by atoms with Crippen molar-refractivity contribution in [1.82, 2.24) is 14.9 Å². The highest BCUT2D eigenvalue weighted by molar-refractivity contribution is 5.94. The van der Waals surface area contributed by atoms with Crippen molar-refractivity contribution in [2.24, 2.45) is 5.92 Å². The smallest absolute Gasteiger partial charge is 0.257 e. The SMILES string of the molecule is O=C(c1cnc(-c2ccccc2)nc1)N1CCC[C@@H]2CCCC[C@H]21. The summed E-state index contributed by atoms with van der Waals surface area (Å²) < 4.78 is 0. The van der Waals surface area contributed by atoms with Gasteiger partial charge in [-0.05, 0) is 31.6 Å². The van der Waals surface area contributed by atoms with E-state index in [2.05, 4.69) is 14.9 Å². The van der Waals surface area contributed by atoms with Gasteiger partial charge in [0.25, 0.3) is 5.91 Å². The van der Waals surface area contributed by atoms with E-state index in [0.29, 0.717) is 23.3 Å². The number of carbonyl (C=O) groups is 1. The van der Waals surface area contributed by atoms with Crippen molar-refractivity contribution in [2.75, 3.05) is 6.54 Å². The minimum absolute atomic E-state index is 0.103. The number of carbonyl (C=O) groups excluding carboxylic acids is 1. The number of aromatic nitrogens is 2. The Morgan fingerprint density at radius 3 is 2.46 bits per heavy atom. The Kier molecular flexibility index (Phi) is 4.28. The molecular weight excluding hydrogens is 298 g/mol. The van der Waals surface area contributed by atoms with Crippen LogP contribution in [0, 0.1) is 5.92 Å². The Morgan fingerprint density at radius 2 is 1.67 bits per heavy atom. The molecule has 2 fully saturated rings. The van der Waals surface area contributed by atoms with Gasteiger partial charge in [-0.25, -0.2) is 9.97 Å². The summed E-state index contributed by atoms with van der Waals surface area (Å²) in [6.45, 7) is 0.875. The van der Waals surface area contributed by atoms with E-state index in [9.17, 15) is 4.79 Å². The number of likely N-dealkylation sites (tertiary alicyclic amines) is 1. The Labute approximate surface area is 142 Å². The number of hydrogen-bond donors (Lipinski definition) is 0. The van der Waals surface area contributed by atoms with Crippen molar-refractivity contribution in [2.45, 2.75) is 44.6 Å². The lowest BCUT2D eigenvalue weighted by molar-refractivity contribution is 0.0390. The molecule has 1 aromatic carbocycles. The average molecular weight is 321 g/mol. The van der Waals surface area contributed by atoms with Crippen LogP contribution >= 0.6 is 0 Å². The molecule has 4 nitrogen and oxygen atoms in total. The molecule has 1 saturated heterocycles. The minimum Gasteiger partial charge on any atom is -0.335 e. The van der Waals surface area contributed by atoms with Crippen LogP contribution in [0.4, 0.5) is 0 Å². The normalized spacial score (nSPS) is 23.6. The first-order valence-electron chi connectivity index (χ1n) is 9.01. The Morgan fingerprint density at radius 1 is 0.958 bits per heavy atom. The highest BCUT2D eigenvalue weighted by Gasteiger charge is 2.36. The molecule has 1 saturated carbocycles. The van der Waals surface area contributed by atoms with E-state index >= 15 is 0 Å². The van der Waals surface area contributed by atoms with Crippen LogP contribution in [0.25, 0.3) is 11.4 Å². The second-order valence-corrected chi connectivity index (χ2v) is 6.91. The topological polar surface area (TPSA) is 46.1 Å². The van der Waals surface area contributed by atoms with E-state index in [4.69, 9.17) is 0 Å². The summed E-state index contributed by atoms with van der Waals surface area (Å²) in [5.41, 5.74) is 1.59. The fourth-order valence-electron chi connectivity index (χ4n) is 4.22. The first kappa shape index (κ1) is 15.3. The molecule has 4 rings (SSSR count). The summed E-state index contributed by atoms with van der Waals surface area (Å²) >= 11 is 0. The summed E-state index contributed by atoms with van der Waals surface area (Å²) in [5, 5.41) is 0. The van der Waals surface area contributed by atoms with Crippen molar-refractivity contribution in [1.29, 1.82) is 0 Å². The standard InChI is InChI=1S/C20H23N3O/c24-20(23-12-6-10-15-7-4-5-11-18(15)23)17-13-21-19(22-14-17)16-8-2-1-3-9-16/h1-3,8-9,13-15,18H,4-7,10-12H2/t15-,18+/m0/s1. The zero-order valence-electron chi connectivity index (χ0n) is 13.9. The number of benzene rings is 1. The zero-order valence-corrected chi connectivity index (χ0v) is 13.9. The highest BCUT2D eigenvalue weighted by atomic mass is 16.2. The molecular formula is C20H23N3O. The van der Waals surface area contributed by atoms with Crippen LogP contribution in [0.15, 0.2) is 42.7 Å². The predicted octanol–water partition coefficient (Wildman–Crippen LogP) is 3.94. The van der Waals surface area contributed by atoms with Gasteiger partial charge in [0.2, 0.25) is 0 Å². The second-order valence-electron chi connectivity index (χ2n) is 6.91. The van der Waals surface area contributed by atoms with Crippen molar-refractivity contribution in [3.63, 3.8) is 0 Å². The molecule has 1 amide bonds. The molecule has 1 aromatic heterocycles. The van der Waals surface area contributed by atoms with Crippen LogP contribution in [0.5, 0.6) is 0 Å². The van der Waals surface area contributed by atoms with Gasteiger partial charge in [-0.2, -0.15) is 0 Å². The van der Waals surface area contributed by atoms with Gasteiger partial charge in [-0.1, -0.05) is 43.2 Å². The van der Waals surface area contributed by atoms with E-state index in [0.717, 1.165) is 24.9 Å². The summed E-state index contributed by atoms with van der Waals surface area (Å²) in [4.78, 5) is 23.9. The van der Waals surface area contributed by atoms with Crippen LogP contribution in [-0.4, -0.2) is 33.4 Å². The van der Waals surface area contributed by atoms with E-state index in [-0.39, 0.29) is 5.91 Å². The van der Waals surface area contributed by atoms with Crippen molar-refractivity contribution in [3.8, 4) is 11.4 Å². The molecule has 2 aliphatic rings. The van der Waals surface area contributed by atoms with Crippen LogP contribution in [-0.2, 0) is 0 Å². The lowest BCUT2D eigenvalue weighted by Gasteiger charge is -2.44. The Hall–Kier alpha value is -2.23. The Balaban J connectivity index is 1.53. The van der Waals surface area contributed by atoms with Gasteiger partial charge in [0.15, 0.2) is 5.82 Å². The van der Waals surface area contributed by atoms with E-state index in [1.54, 1.807) is 12.4 Å². The van der Waals surface area contributed by atoms with Gasteiger partial charge >= 0.3 is 0 Å². The monoisotopic (exact) mass is 321 g/mol. The molecule has 1 aliphatic carbocycles. The molecule has 0 unspecified atom stereocenters. The van der Waals surface area contributed by atoms with Crippen LogP contribution < -0.4 is 0 Å². The average Bonchev–Trinajstić information content (AvgIpc) is 2.68. The highest BCUT2D eigenvalue weighted by Crippen LogP contribution is 2.35.